The lowest BCUT2D eigenvalue weighted by Gasteiger charge is -2.18. The number of likely N-dealkylation sites (tertiary alicyclic amines) is 1. The quantitative estimate of drug-likeness (QED) is 0.928. The first-order chi connectivity index (χ1) is 9.74. The first-order valence-corrected chi connectivity index (χ1v) is 7.27. The Morgan fingerprint density at radius 3 is 2.55 bits per heavy atom. The minimum atomic E-state index is 0.477. The van der Waals surface area contributed by atoms with Crippen molar-refractivity contribution in [3.8, 4) is 11.8 Å². The number of hydrogen-bond donors (Lipinski definition) is 1. The Morgan fingerprint density at radius 2 is 2.00 bits per heavy atom. The van der Waals surface area contributed by atoms with Gasteiger partial charge in [-0.15, -0.1) is 0 Å². The fourth-order valence-corrected chi connectivity index (χ4v) is 2.50. The molecule has 2 N–H and O–H groups in total. The van der Waals surface area contributed by atoms with Gasteiger partial charge < -0.3 is 10.5 Å². The summed E-state index contributed by atoms with van der Waals surface area (Å²) in [7, 11) is 1.50. The zero-order valence-corrected chi connectivity index (χ0v) is 12.9. The number of hydrogen-bond acceptors (Lipinski definition) is 4. The smallest absolute Gasteiger partial charge is 0.125 e. The van der Waals surface area contributed by atoms with E-state index in [2.05, 4.69) is 16.7 Å². The SMILES string of the molecule is CCOc1cc(C#N)c(Cl)cc1CN1CCCC1.CN. The van der Waals surface area contributed by atoms with E-state index in [4.69, 9.17) is 21.6 Å². The van der Waals surface area contributed by atoms with Crippen LogP contribution in [0, 0.1) is 11.3 Å². The maximum Gasteiger partial charge on any atom is 0.125 e. The average Bonchev–Trinajstić information content (AvgIpc) is 2.97. The molecule has 20 heavy (non-hydrogen) atoms. The van der Waals surface area contributed by atoms with Gasteiger partial charge in [0.25, 0.3) is 0 Å². The molecule has 2 rings (SSSR count). The first kappa shape index (κ1) is 16.8. The van der Waals surface area contributed by atoms with Gasteiger partial charge in [-0.2, -0.15) is 5.26 Å². The van der Waals surface area contributed by atoms with Crippen molar-refractivity contribution in [2.45, 2.75) is 26.3 Å². The topological polar surface area (TPSA) is 62.3 Å². The number of nitrogens with two attached hydrogens (primary N) is 1. The summed E-state index contributed by atoms with van der Waals surface area (Å²) in [6, 6.07) is 5.70. The van der Waals surface area contributed by atoms with E-state index in [-0.39, 0.29) is 0 Å². The van der Waals surface area contributed by atoms with E-state index in [1.165, 1.54) is 19.9 Å². The van der Waals surface area contributed by atoms with E-state index in [0.717, 1.165) is 30.9 Å². The van der Waals surface area contributed by atoms with Crippen LogP contribution in [0.3, 0.4) is 0 Å². The molecule has 0 spiro atoms. The molecule has 0 atom stereocenters. The van der Waals surface area contributed by atoms with Gasteiger partial charge in [0.2, 0.25) is 0 Å². The van der Waals surface area contributed by atoms with E-state index in [0.29, 0.717) is 17.2 Å². The van der Waals surface area contributed by atoms with Gasteiger partial charge in [0.15, 0.2) is 0 Å². The summed E-state index contributed by atoms with van der Waals surface area (Å²) in [5.74, 6) is 0.783. The van der Waals surface area contributed by atoms with Gasteiger partial charge in [0.1, 0.15) is 11.8 Å². The first-order valence-electron chi connectivity index (χ1n) is 6.90. The normalized spacial score (nSPS) is 14.3. The summed E-state index contributed by atoms with van der Waals surface area (Å²) >= 11 is 6.09. The van der Waals surface area contributed by atoms with Crippen LogP contribution in [0.15, 0.2) is 12.1 Å². The van der Waals surface area contributed by atoms with Crippen molar-refractivity contribution >= 4 is 11.6 Å². The minimum absolute atomic E-state index is 0.477. The van der Waals surface area contributed by atoms with Crippen molar-refractivity contribution in [1.29, 1.82) is 5.26 Å². The predicted octanol–water partition coefficient (Wildman–Crippen LogP) is 2.78. The standard InChI is InChI=1S/C14H17ClN2O.CH5N/c1-2-18-14-8-11(9-16)13(15)7-12(14)10-17-5-3-4-6-17;1-2/h7-8H,2-6,10H2,1H3;2H2,1H3. The number of ether oxygens (including phenoxy) is 1. The largest absolute Gasteiger partial charge is 0.493 e. The molecular weight excluding hydrogens is 274 g/mol. The van der Waals surface area contributed by atoms with Gasteiger partial charge in [0.05, 0.1) is 17.2 Å². The summed E-state index contributed by atoms with van der Waals surface area (Å²) in [6.45, 7) is 5.65. The van der Waals surface area contributed by atoms with E-state index in [1.54, 1.807) is 6.07 Å². The van der Waals surface area contributed by atoms with E-state index < -0.39 is 0 Å². The molecule has 1 fully saturated rings. The molecule has 1 aromatic carbocycles. The molecule has 0 aromatic heterocycles. The number of halogens is 1. The van der Waals surface area contributed by atoms with Crippen molar-refractivity contribution in [2.75, 3.05) is 26.7 Å². The second kappa shape index (κ2) is 8.80. The number of nitriles is 1. The summed E-state index contributed by atoms with van der Waals surface area (Å²) in [4.78, 5) is 2.39. The van der Waals surface area contributed by atoms with Gasteiger partial charge >= 0.3 is 0 Å². The van der Waals surface area contributed by atoms with Crippen molar-refractivity contribution in [3.63, 3.8) is 0 Å². The Labute approximate surface area is 126 Å². The third-order valence-corrected chi connectivity index (χ3v) is 3.48. The molecule has 0 amide bonds. The lowest BCUT2D eigenvalue weighted by molar-refractivity contribution is 0.305. The van der Waals surface area contributed by atoms with Crippen LogP contribution in [0.2, 0.25) is 5.02 Å². The van der Waals surface area contributed by atoms with Gasteiger partial charge in [0, 0.05) is 12.1 Å². The molecule has 0 saturated carbocycles. The monoisotopic (exact) mass is 295 g/mol. The molecule has 1 aliphatic rings. The fraction of sp³-hybridized carbons (Fsp3) is 0.533. The second-order valence-electron chi connectivity index (χ2n) is 4.47. The maximum atomic E-state index is 8.99. The van der Waals surface area contributed by atoms with Crippen molar-refractivity contribution < 1.29 is 4.74 Å². The lowest BCUT2D eigenvalue weighted by atomic mass is 10.1. The number of nitrogens with zero attached hydrogens (tertiary/aromatic N) is 2. The molecule has 1 heterocycles. The van der Waals surface area contributed by atoms with Crippen molar-refractivity contribution in [2.24, 2.45) is 5.73 Å². The third-order valence-electron chi connectivity index (χ3n) is 3.16. The Bertz CT molecular complexity index is 465. The minimum Gasteiger partial charge on any atom is -0.493 e. The average molecular weight is 296 g/mol. The van der Waals surface area contributed by atoms with E-state index in [1.807, 2.05) is 13.0 Å². The van der Waals surface area contributed by atoms with Crippen LogP contribution < -0.4 is 10.5 Å². The van der Waals surface area contributed by atoms with Crippen LogP contribution in [0.5, 0.6) is 5.75 Å². The molecule has 5 heteroatoms. The highest BCUT2D eigenvalue weighted by molar-refractivity contribution is 6.31. The van der Waals surface area contributed by atoms with Crippen LogP contribution in [0.4, 0.5) is 0 Å². The molecule has 1 aliphatic heterocycles. The second-order valence-corrected chi connectivity index (χ2v) is 4.88. The highest BCUT2D eigenvalue weighted by Gasteiger charge is 2.16. The lowest BCUT2D eigenvalue weighted by Crippen LogP contribution is -2.19. The molecule has 0 bridgehead atoms. The molecular formula is C15H22ClN3O. The Morgan fingerprint density at radius 1 is 1.35 bits per heavy atom. The van der Waals surface area contributed by atoms with Gasteiger partial charge in [-0.1, -0.05) is 11.6 Å². The Hall–Kier alpha value is -1.28. The van der Waals surface area contributed by atoms with Crippen LogP contribution in [0.25, 0.3) is 0 Å². The molecule has 1 aromatic rings. The van der Waals surface area contributed by atoms with Crippen molar-refractivity contribution in [1.82, 2.24) is 4.90 Å². The van der Waals surface area contributed by atoms with E-state index >= 15 is 0 Å². The number of rotatable bonds is 4. The van der Waals surface area contributed by atoms with Crippen LogP contribution in [-0.2, 0) is 6.54 Å². The molecule has 0 unspecified atom stereocenters. The maximum absolute atomic E-state index is 8.99. The summed E-state index contributed by atoms with van der Waals surface area (Å²) in [5.41, 5.74) is 6.05. The van der Waals surface area contributed by atoms with Gasteiger partial charge in [-0.25, -0.2) is 0 Å². The zero-order valence-electron chi connectivity index (χ0n) is 12.2. The Balaban J connectivity index is 0.000000956. The molecule has 1 saturated heterocycles. The predicted molar refractivity (Wildman–Crippen MR) is 82.0 cm³/mol. The third kappa shape index (κ3) is 4.38. The highest BCUT2D eigenvalue weighted by atomic mass is 35.5. The van der Waals surface area contributed by atoms with E-state index in [9.17, 15) is 0 Å². The van der Waals surface area contributed by atoms with Crippen LogP contribution >= 0.6 is 11.6 Å². The summed E-state index contributed by atoms with van der Waals surface area (Å²) < 4.78 is 5.61. The van der Waals surface area contributed by atoms with Gasteiger partial charge in [-0.05, 0) is 52.0 Å². The van der Waals surface area contributed by atoms with Crippen LogP contribution in [0.1, 0.15) is 30.9 Å². The molecule has 0 radical (unpaired) electrons. The fourth-order valence-electron chi connectivity index (χ4n) is 2.28. The summed E-state index contributed by atoms with van der Waals surface area (Å²) in [6.07, 6.45) is 2.52. The summed E-state index contributed by atoms with van der Waals surface area (Å²) in [5, 5.41) is 9.50. The van der Waals surface area contributed by atoms with Crippen molar-refractivity contribution in [3.05, 3.63) is 28.3 Å². The molecule has 4 nitrogen and oxygen atoms in total. The number of benzene rings is 1. The zero-order chi connectivity index (χ0) is 15.0. The van der Waals surface area contributed by atoms with Crippen LogP contribution in [-0.4, -0.2) is 31.6 Å². The van der Waals surface area contributed by atoms with Gasteiger partial charge in [-0.3, -0.25) is 4.90 Å². The highest BCUT2D eigenvalue weighted by Crippen LogP contribution is 2.28. The molecule has 110 valence electrons. The molecule has 0 aliphatic carbocycles. The Kier molecular flexibility index (Phi) is 7.38.